The molecular formula is C22H18N2O4S. The molecule has 2 heterocycles. The average molecular weight is 406 g/mol. The number of carboxylic acid groups (broad SMARTS) is 1. The molecule has 7 heteroatoms. The number of benzene rings is 2. The summed E-state index contributed by atoms with van der Waals surface area (Å²) in [6.45, 7) is 4.16. The maximum absolute atomic E-state index is 11.5. The zero-order valence-electron chi connectivity index (χ0n) is 15.9. The van der Waals surface area contributed by atoms with Crippen molar-refractivity contribution < 1.29 is 19.4 Å². The molecule has 29 heavy (non-hydrogen) atoms. The van der Waals surface area contributed by atoms with Crippen LogP contribution in [0.1, 0.15) is 19.4 Å². The molecule has 0 unspecified atom stereocenters. The average Bonchev–Trinajstić information content (AvgIpc) is 2.72. The SMILES string of the molecule is CC(C)(Sc1ccc2cncc(-c3ccc(C#N)c4c3OCCO4)c2c1)C(=O)O. The summed E-state index contributed by atoms with van der Waals surface area (Å²) in [5, 5.41) is 20.7. The fourth-order valence-electron chi connectivity index (χ4n) is 3.20. The van der Waals surface area contributed by atoms with Crippen LogP contribution in [-0.2, 0) is 4.79 Å². The van der Waals surface area contributed by atoms with Crippen molar-refractivity contribution in [3.8, 4) is 28.7 Å². The normalized spacial score (nSPS) is 13.1. The van der Waals surface area contributed by atoms with E-state index in [1.54, 1.807) is 32.3 Å². The van der Waals surface area contributed by atoms with Gasteiger partial charge in [-0.3, -0.25) is 9.78 Å². The fraction of sp³-hybridized carbons (Fsp3) is 0.227. The number of aromatic nitrogens is 1. The molecule has 0 atom stereocenters. The molecule has 0 amide bonds. The minimum Gasteiger partial charge on any atom is -0.485 e. The number of aliphatic carboxylic acids is 1. The number of ether oxygens (including phenoxy) is 2. The van der Waals surface area contributed by atoms with Crippen LogP contribution in [0.15, 0.2) is 47.6 Å². The number of carboxylic acids is 1. The molecular weight excluding hydrogens is 388 g/mol. The number of nitriles is 1. The van der Waals surface area contributed by atoms with E-state index in [0.717, 1.165) is 26.8 Å². The minimum absolute atomic E-state index is 0.393. The molecule has 1 aromatic heterocycles. The predicted octanol–water partition coefficient (Wildman–Crippen LogP) is 4.50. The Kier molecular flexibility index (Phi) is 4.81. The molecule has 0 fully saturated rings. The van der Waals surface area contributed by atoms with Crippen molar-refractivity contribution in [2.75, 3.05) is 13.2 Å². The Hall–Kier alpha value is -3.24. The van der Waals surface area contributed by atoms with Gasteiger partial charge in [-0.15, -0.1) is 11.8 Å². The molecule has 0 saturated carbocycles. The number of thioether (sulfide) groups is 1. The molecule has 2 aromatic carbocycles. The van der Waals surface area contributed by atoms with E-state index in [2.05, 4.69) is 11.1 Å². The van der Waals surface area contributed by atoms with Crippen LogP contribution in [0.4, 0.5) is 0 Å². The van der Waals surface area contributed by atoms with Crippen molar-refractivity contribution in [2.24, 2.45) is 0 Å². The highest BCUT2D eigenvalue weighted by atomic mass is 32.2. The highest BCUT2D eigenvalue weighted by Crippen LogP contribution is 2.44. The van der Waals surface area contributed by atoms with E-state index in [1.807, 2.05) is 24.3 Å². The van der Waals surface area contributed by atoms with Crippen LogP contribution >= 0.6 is 11.8 Å². The standard InChI is InChI=1S/C22H18N2O4S/c1-22(2,21(25)26)29-15-5-3-14-11-24-12-18(17(14)9-15)16-6-4-13(10-23)19-20(16)28-8-7-27-19/h3-6,9,11-12H,7-8H2,1-2H3,(H,25,26). The molecule has 4 rings (SSSR count). The first-order valence-electron chi connectivity index (χ1n) is 9.04. The lowest BCUT2D eigenvalue weighted by atomic mass is 9.98. The van der Waals surface area contributed by atoms with Crippen LogP contribution < -0.4 is 9.47 Å². The van der Waals surface area contributed by atoms with Crippen molar-refractivity contribution in [3.63, 3.8) is 0 Å². The van der Waals surface area contributed by atoms with Gasteiger partial charge in [-0.1, -0.05) is 6.07 Å². The molecule has 1 aliphatic rings. The number of carbonyl (C=O) groups is 1. The van der Waals surface area contributed by atoms with Crippen molar-refractivity contribution in [1.82, 2.24) is 4.98 Å². The lowest BCUT2D eigenvalue weighted by molar-refractivity contribution is -0.138. The van der Waals surface area contributed by atoms with E-state index >= 15 is 0 Å². The van der Waals surface area contributed by atoms with E-state index in [1.165, 1.54) is 11.8 Å². The minimum atomic E-state index is -0.953. The first-order chi connectivity index (χ1) is 13.9. The van der Waals surface area contributed by atoms with E-state index < -0.39 is 10.7 Å². The second-order valence-electron chi connectivity index (χ2n) is 7.12. The summed E-state index contributed by atoms with van der Waals surface area (Å²) in [4.78, 5) is 16.7. The third-order valence-electron chi connectivity index (χ3n) is 4.72. The van der Waals surface area contributed by atoms with Crippen LogP contribution in [0.5, 0.6) is 11.5 Å². The van der Waals surface area contributed by atoms with Gasteiger partial charge in [0, 0.05) is 33.8 Å². The molecule has 0 aliphatic carbocycles. The summed E-state index contributed by atoms with van der Waals surface area (Å²) >= 11 is 1.29. The zero-order chi connectivity index (χ0) is 20.6. The number of nitrogens with zero attached hydrogens (tertiary/aromatic N) is 2. The second kappa shape index (κ2) is 7.30. The number of hydrogen-bond acceptors (Lipinski definition) is 6. The highest BCUT2D eigenvalue weighted by molar-refractivity contribution is 8.01. The van der Waals surface area contributed by atoms with Gasteiger partial charge in [-0.25, -0.2) is 0 Å². The lowest BCUT2D eigenvalue weighted by Gasteiger charge is -2.23. The largest absolute Gasteiger partial charge is 0.485 e. The van der Waals surface area contributed by atoms with E-state index in [0.29, 0.717) is 30.3 Å². The van der Waals surface area contributed by atoms with Crippen LogP contribution in [0, 0.1) is 11.3 Å². The quantitative estimate of drug-likeness (QED) is 0.638. The Balaban J connectivity index is 1.88. The molecule has 1 N–H and O–H groups in total. The van der Waals surface area contributed by atoms with Gasteiger partial charge in [-0.2, -0.15) is 5.26 Å². The Bertz CT molecular complexity index is 1170. The van der Waals surface area contributed by atoms with Crippen molar-refractivity contribution in [3.05, 3.63) is 48.3 Å². The molecule has 1 aliphatic heterocycles. The Morgan fingerprint density at radius 3 is 2.62 bits per heavy atom. The Morgan fingerprint density at radius 1 is 1.14 bits per heavy atom. The molecule has 0 saturated heterocycles. The molecule has 6 nitrogen and oxygen atoms in total. The van der Waals surface area contributed by atoms with Gasteiger partial charge in [-0.05, 0) is 43.5 Å². The summed E-state index contributed by atoms with van der Waals surface area (Å²) < 4.78 is 10.6. The van der Waals surface area contributed by atoms with Crippen molar-refractivity contribution in [1.29, 1.82) is 5.26 Å². The van der Waals surface area contributed by atoms with Gasteiger partial charge in [0.15, 0.2) is 11.5 Å². The van der Waals surface area contributed by atoms with Gasteiger partial charge in [0.2, 0.25) is 0 Å². The Labute approximate surface area is 172 Å². The van der Waals surface area contributed by atoms with Crippen LogP contribution in [0.3, 0.4) is 0 Å². The Morgan fingerprint density at radius 2 is 1.90 bits per heavy atom. The van der Waals surface area contributed by atoms with Crippen molar-refractivity contribution in [2.45, 2.75) is 23.5 Å². The molecule has 146 valence electrons. The van der Waals surface area contributed by atoms with Gasteiger partial charge in [0.25, 0.3) is 0 Å². The second-order valence-corrected chi connectivity index (χ2v) is 8.81. The van der Waals surface area contributed by atoms with Crippen molar-refractivity contribution >= 4 is 28.5 Å². The summed E-state index contributed by atoms with van der Waals surface area (Å²) in [7, 11) is 0. The maximum atomic E-state index is 11.5. The lowest BCUT2D eigenvalue weighted by Crippen LogP contribution is -2.26. The predicted molar refractivity (Wildman–Crippen MR) is 110 cm³/mol. The van der Waals surface area contributed by atoms with Crippen LogP contribution in [-0.4, -0.2) is 34.0 Å². The third-order valence-corrected chi connectivity index (χ3v) is 5.89. The monoisotopic (exact) mass is 406 g/mol. The summed E-state index contributed by atoms with van der Waals surface area (Å²) in [5.74, 6) is 0.114. The van der Waals surface area contributed by atoms with Crippen LogP contribution in [0.25, 0.3) is 21.9 Å². The van der Waals surface area contributed by atoms with Gasteiger partial charge >= 0.3 is 5.97 Å². The summed E-state index contributed by atoms with van der Waals surface area (Å²) in [5.41, 5.74) is 2.05. The molecule has 0 spiro atoms. The molecule has 3 aromatic rings. The smallest absolute Gasteiger partial charge is 0.319 e. The zero-order valence-corrected chi connectivity index (χ0v) is 16.7. The van der Waals surface area contributed by atoms with E-state index in [-0.39, 0.29) is 0 Å². The van der Waals surface area contributed by atoms with E-state index in [4.69, 9.17) is 9.47 Å². The summed E-state index contributed by atoms with van der Waals surface area (Å²) in [6.07, 6.45) is 3.52. The first kappa shape index (κ1) is 19.1. The molecule has 0 bridgehead atoms. The van der Waals surface area contributed by atoms with Gasteiger partial charge in [0.05, 0.1) is 5.56 Å². The maximum Gasteiger partial charge on any atom is 0.319 e. The van der Waals surface area contributed by atoms with E-state index in [9.17, 15) is 15.2 Å². The number of fused-ring (bicyclic) bond motifs is 2. The number of hydrogen-bond donors (Lipinski definition) is 1. The number of rotatable bonds is 4. The summed E-state index contributed by atoms with van der Waals surface area (Å²) in [6, 6.07) is 11.5. The highest BCUT2D eigenvalue weighted by Gasteiger charge is 2.29. The van der Waals surface area contributed by atoms with Gasteiger partial charge in [0.1, 0.15) is 24.0 Å². The first-order valence-corrected chi connectivity index (χ1v) is 9.85. The fourth-order valence-corrected chi connectivity index (χ4v) is 4.19. The molecule has 0 radical (unpaired) electrons. The van der Waals surface area contributed by atoms with Gasteiger partial charge < -0.3 is 14.6 Å². The van der Waals surface area contributed by atoms with Crippen LogP contribution in [0.2, 0.25) is 0 Å². The topological polar surface area (TPSA) is 92.4 Å². The third kappa shape index (κ3) is 3.47. The number of pyridine rings is 1.